The lowest BCUT2D eigenvalue weighted by molar-refractivity contribution is 0.0533. The minimum Gasteiger partial charge on any atom is -0.507 e. The van der Waals surface area contributed by atoms with Gasteiger partial charge in [-0.1, -0.05) is 18.6 Å². The second-order valence-corrected chi connectivity index (χ2v) is 7.53. The van der Waals surface area contributed by atoms with Gasteiger partial charge in [-0.05, 0) is 32.3 Å². The summed E-state index contributed by atoms with van der Waals surface area (Å²) in [5.41, 5.74) is 2.50. The van der Waals surface area contributed by atoms with Gasteiger partial charge in [0, 0.05) is 11.1 Å². The highest BCUT2D eigenvalue weighted by Crippen LogP contribution is 2.43. The summed E-state index contributed by atoms with van der Waals surface area (Å²) in [6, 6.07) is 0. The number of benzene rings is 1. The molecule has 8 heteroatoms. The van der Waals surface area contributed by atoms with Gasteiger partial charge in [0.25, 0.3) is 0 Å². The number of fused-ring (bicyclic) bond motifs is 1. The van der Waals surface area contributed by atoms with E-state index in [2.05, 4.69) is 0 Å². The van der Waals surface area contributed by atoms with Crippen LogP contribution in [-0.4, -0.2) is 33.6 Å². The van der Waals surface area contributed by atoms with E-state index in [4.69, 9.17) is 19.3 Å². The first-order valence-corrected chi connectivity index (χ1v) is 9.89. The number of rotatable bonds is 7. The zero-order valence-electron chi connectivity index (χ0n) is 14.5. The number of hydrogen-bond acceptors (Lipinski definition) is 5. The van der Waals surface area contributed by atoms with Crippen LogP contribution in [0, 0.1) is 6.92 Å². The fourth-order valence-corrected chi connectivity index (χ4v) is 3.80. The van der Waals surface area contributed by atoms with Crippen molar-refractivity contribution in [1.82, 2.24) is 0 Å². The van der Waals surface area contributed by atoms with E-state index >= 15 is 0 Å². The molecule has 0 amide bonds. The summed E-state index contributed by atoms with van der Waals surface area (Å²) in [5.74, 6) is -0.274. The highest BCUT2D eigenvalue weighted by atomic mass is 31.2. The molecular formula is C17H23O7P. The van der Waals surface area contributed by atoms with Crippen LogP contribution >= 0.6 is 7.60 Å². The normalized spacial score (nSPS) is 14.4. The zero-order chi connectivity index (χ0) is 18.8. The standard InChI is InChI=1S/C17H23O7P/c1-4-11(9-25(20,21)22)6-7-12-15(18)14-13(8-24-17(14)19)10(3)16(12)23-5-2/h6,18H,4-5,7-9H2,1-3H3,(H2,20,21,22). The fourth-order valence-electron chi connectivity index (χ4n) is 2.92. The quantitative estimate of drug-likeness (QED) is 0.384. The lowest BCUT2D eigenvalue weighted by Gasteiger charge is -2.17. The van der Waals surface area contributed by atoms with E-state index in [1.54, 1.807) is 19.9 Å². The van der Waals surface area contributed by atoms with Crippen LogP contribution in [0.1, 0.15) is 47.3 Å². The molecule has 0 aliphatic carbocycles. The van der Waals surface area contributed by atoms with Crippen LogP contribution in [0.5, 0.6) is 11.5 Å². The van der Waals surface area contributed by atoms with Crippen LogP contribution < -0.4 is 4.74 Å². The number of phenolic OH excluding ortho intramolecular Hbond substituents is 1. The molecule has 0 fully saturated rings. The molecular weight excluding hydrogens is 347 g/mol. The molecule has 0 atom stereocenters. The van der Waals surface area contributed by atoms with Crippen molar-refractivity contribution in [2.45, 2.75) is 40.2 Å². The SMILES string of the molecule is CCOc1c(C)c2c(c(O)c1CC=C(CC)CP(=O)(O)O)C(=O)OC2. The molecule has 7 nitrogen and oxygen atoms in total. The van der Waals surface area contributed by atoms with Crippen LogP contribution in [0.2, 0.25) is 0 Å². The Morgan fingerprint density at radius 3 is 2.60 bits per heavy atom. The van der Waals surface area contributed by atoms with E-state index in [9.17, 15) is 14.5 Å². The van der Waals surface area contributed by atoms with Gasteiger partial charge in [0.15, 0.2) is 0 Å². The molecule has 0 radical (unpaired) electrons. The summed E-state index contributed by atoms with van der Waals surface area (Å²) in [4.78, 5) is 30.2. The van der Waals surface area contributed by atoms with Crippen molar-refractivity contribution in [2.75, 3.05) is 12.8 Å². The maximum atomic E-state index is 11.9. The number of carbonyl (C=O) groups is 1. The summed E-state index contributed by atoms with van der Waals surface area (Å²) in [6.07, 6.45) is 2.01. The number of esters is 1. The molecule has 0 bridgehead atoms. The third-order valence-electron chi connectivity index (χ3n) is 4.19. The van der Waals surface area contributed by atoms with Gasteiger partial charge < -0.3 is 24.4 Å². The molecule has 1 heterocycles. The second kappa shape index (κ2) is 7.60. The van der Waals surface area contributed by atoms with Crippen molar-refractivity contribution in [3.8, 4) is 11.5 Å². The summed E-state index contributed by atoms with van der Waals surface area (Å²) in [5, 5.41) is 10.6. The maximum Gasteiger partial charge on any atom is 0.342 e. The molecule has 138 valence electrons. The van der Waals surface area contributed by atoms with Crippen LogP contribution in [0.25, 0.3) is 0 Å². The highest BCUT2D eigenvalue weighted by Gasteiger charge is 2.32. The third kappa shape index (κ3) is 4.24. The Balaban J connectivity index is 2.49. The number of hydrogen-bond donors (Lipinski definition) is 3. The fraction of sp³-hybridized carbons (Fsp3) is 0.471. The molecule has 3 N–H and O–H groups in total. The van der Waals surface area contributed by atoms with Crippen molar-refractivity contribution < 1.29 is 33.7 Å². The molecule has 0 aromatic heterocycles. The summed E-state index contributed by atoms with van der Waals surface area (Å²) in [6.45, 7) is 5.90. The van der Waals surface area contributed by atoms with Gasteiger partial charge in [0.05, 0.1) is 12.8 Å². The Hall–Kier alpha value is -1.82. The first-order chi connectivity index (χ1) is 11.7. The third-order valence-corrected chi connectivity index (χ3v) is 5.01. The number of ether oxygens (including phenoxy) is 2. The van der Waals surface area contributed by atoms with Gasteiger partial charge in [-0.25, -0.2) is 4.79 Å². The van der Waals surface area contributed by atoms with Crippen LogP contribution in [0.3, 0.4) is 0 Å². The lowest BCUT2D eigenvalue weighted by Crippen LogP contribution is -2.05. The van der Waals surface area contributed by atoms with Crippen LogP contribution in [0.15, 0.2) is 11.6 Å². The Morgan fingerprint density at radius 2 is 2.04 bits per heavy atom. The molecule has 25 heavy (non-hydrogen) atoms. The predicted octanol–water partition coefficient (Wildman–Crippen LogP) is 2.83. The van der Waals surface area contributed by atoms with Gasteiger partial charge in [-0.2, -0.15) is 0 Å². The van der Waals surface area contributed by atoms with Gasteiger partial charge in [0.2, 0.25) is 0 Å². The average Bonchev–Trinajstić information content (AvgIpc) is 2.91. The topological polar surface area (TPSA) is 113 Å². The van der Waals surface area contributed by atoms with E-state index in [1.165, 1.54) is 0 Å². The number of phenols is 1. The summed E-state index contributed by atoms with van der Waals surface area (Å²) < 4.78 is 21.9. The van der Waals surface area contributed by atoms with Gasteiger partial charge in [0.1, 0.15) is 23.7 Å². The van der Waals surface area contributed by atoms with Gasteiger partial charge in [-0.15, -0.1) is 0 Å². The Bertz CT molecular complexity index is 761. The van der Waals surface area contributed by atoms with Crippen molar-refractivity contribution in [3.05, 3.63) is 33.9 Å². The minimum atomic E-state index is -4.16. The average molecular weight is 370 g/mol. The number of carbonyl (C=O) groups excluding carboxylic acids is 1. The highest BCUT2D eigenvalue weighted by molar-refractivity contribution is 7.52. The van der Waals surface area contributed by atoms with E-state index in [1.807, 2.05) is 6.92 Å². The molecule has 2 rings (SSSR count). The molecule has 0 saturated heterocycles. The molecule has 0 unspecified atom stereocenters. The summed E-state index contributed by atoms with van der Waals surface area (Å²) in [7, 11) is -4.16. The Labute approximate surface area is 146 Å². The van der Waals surface area contributed by atoms with E-state index in [-0.39, 0.29) is 30.5 Å². The molecule has 1 aromatic carbocycles. The molecule has 0 saturated carbocycles. The Morgan fingerprint density at radius 1 is 1.36 bits per heavy atom. The van der Waals surface area contributed by atoms with Crippen molar-refractivity contribution >= 4 is 13.6 Å². The van der Waals surface area contributed by atoms with Gasteiger partial charge >= 0.3 is 13.6 Å². The van der Waals surface area contributed by atoms with Gasteiger partial charge in [-0.3, -0.25) is 4.57 Å². The Kier molecular flexibility index (Phi) is 5.93. The van der Waals surface area contributed by atoms with E-state index in [0.717, 1.165) is 5.56 Å². The van der Waals surface area contributed by atoms with Crippen LogP contribution in [0.4, 0.5) is 0 Å². The van der Waals surface area contributed by atoms with Crippen LogP contribution in [-0.2, 0) is 22.3 Å². The number of aromatic hydroxyl groups is 1. The van der Waals surface area contributed by atoms with Crippen molar-refractivity contribution in [2.24, 2.45) is 0 Å². The maximum absolute atomic E-state index is 11.9. The minimum absolute atomic E-state index is 0.0994. The lowest BCUT2D eigenvalue weighted by atomic mass is 9.95. The molecule has 0 spiro atoms. The first kappa shape index (κ1) is 19.5. The first-order valence-electron chi connectivity index (χ1n) is 8.09. The number of cyclic esters (lactones) is 1. The molecule has 1 aliphatic rings. The largest absolute Gasteiger partial charge is 0.507 e. The molecule has 1 aromatic rings. The van der Waals surface area contributed by atoms with Crippen molar-refractivity contribution in [1.29, 1.82) is 0 Å². The van der Waals surface area contributed by atoms with Crippen molar-refractivity contribution in [3.63, 3.8) is 0 Å². The summed E-state index contributed by atoms with van der Waals surface area (Å²) >= 11 is 0. The zero-order valence-corrected chi connectivity index (χ0v) is 15.4. The molecule has 1 aliphatic heterocycles. The van der Waals surface area contributed by atoms with E-state index < -0.39 is 13.6 Å². The smallest absolute Gasteiger partial charge is 0.342 e. The monoisotopic (exact) mass is 370 g/mol. The number of allylic oxidation sites excluding steroid dienone is 2. The second-order valence-electron chi connectivity index (χ2n) is 5.89. The van der Waals surface area contributed by atoms with E-state index in [0.29, 0.717) is 35.5 Å². The predicted molar refractivity (Wildman–Crippen MR) is 92.1 cm³/mol.